The number of sulfonamides is 1. The van der Waals surface area contributed by atoms with Crippen molar-refractivity contribution in [3.8, 4) is 5.75 Å². The molecule has 170 valence electrons. The van der Waals surface area contributed by atoms with Crippen LogP contribution in [0.5, 0.6) is 5.75 Å². The molecule has 0 saturated carbocycles. The number of allylic oxidation sites excluding steroid dienone is 2. The molecule has 0 spiro atoms. The molecule has 0 bridgehead atoms. The number of hydrogen-bond donors (Lipinski definition) is 0. The lowest BCUT2D eigenvalue weighted by Gasteiger charge is -2.36. The first kappa shape index (κ1) is 22.1. The van der Waals surface area contributed by atoms with Gasteiger partial charge in [0.2, 0.25) is 10.0 Å². The minimum Gasteiger partial charge on any atom is -0.495 e. The summed E-state index contributed by atoms with van der Waals surface area (Å²) < 4.78 is 35.5. The lowest BCUT2D eigenvalue weighted by molar-refractivity contribution is 0.222. The van der Waals surface area contributed by atoms with Gasteiger partial charge in [-0.15, -0.1) is 0 Å². The van der Waals surface area contributed by atoms with Gasteiger partial charge in [0, 0.05) is 36.1 Å². The summed E-state index contributed by atoms with van der Waals surface area (Å²) in [7, 11) is -0.0415. The maximum Gasteiger partial charge on any atom is 0.246 e. The van der Waals surface area contributed by atoms with Gasteiger partial charge in [0.15, 0.2) is 0 Å². The van der Waals surface area contributed by atoms with Crippen LogP contribution in [0.15, 0.2) is 45.3 Å². The van der Waals surface area contributed by atoms with Crippen LogP contribution in [0.25, 0.3) is 5.57 Å². The lowest BCUT2D eigenvalue weighted by Crippen LogP contribution is -2.47. The summed E-state index contributed by atoms with van der Waals surface area (Å²) in [6.07, 6.45) is 1.68. The monoisotopic (exact) mass is 516 g/mol. The molecule has 5 rings (SSSR count). The van der Waals surface area contributed by atoms with Crippen molar-refractivity contribution in [3.05, 3.63) is 62.6 Å². The van der Waals surface area contributed by atoms with Crippen LogP contribution in [0.1, 0.15) is 36.1 Å². The molecule has 2 aromatic carbocycles. The molecular formula is C25H29BrN2O3S. The van der Waals surface area contributed by atoms with E-state index < -0.39 is 10.0 Å². The minimum atomic E-state index is -3.63. The molecule has 5 nitrogen and oxygen atoms in total. The Labute approximate surface area is 199 Å². The fourth-order valence-electron chi connectivity index (χ4n) is 5.47. The lowest BCUT2D eigenvalue weighted by atomic mass is 9.69. The topological polar surface area (TPSA) is 49.9 Å². The molecular weight excluding hydrogens is 488 g/mol. The maximum atomic E-state index is 13.6. The first-order valence-corrected chi connectivity index (χ1v) is 13.3. The second-order valence-corrected chi connectivity index (χ2v) is 12.4. The Hall–Kier alpha value is -1.67. The Morgan fingerprint density at radius 2 is 1.72 bits per heavy atom. The summed E-state index contributed by atoms with van der Waals surface area (Å²) in [5.74, 6) is 0.443. The van der Waals surface area contributed by atoms with Crippen LogP contribution in [-0.2, 0) is 28.3 Å². The van der Waals surface area contributed by atoms with E-state index >= 15 is 0 Å². The Balaban J connectivity index is 1.61. The molecule has 1 aliphatic heterocycles. The Bertz CT molecular complexity index is 1240. The normalized spacial score (nSPS) is 20.7. The predicted molar refractivity (Wildman–Crippen MR) is 131 cm³/mol. The second kappa shape index (κ2) is 7.69. The molecule has 0 N–H and O–H groups in total. The number of benzene rings is 2. The molecule has 2 aliphatic carbocycles. The molecule has 0 unspecified atom stereocenters. The fourth-order valence-corrected chi connectivity index (χ4v) is 7.49. The predicted octanol–water partition coefficient (Wildman–Crippen LogP) is 4.24. The highest BCUT2D eigenvalue weighted by Gasteiger charge is 2.40. The summed E-state index contributed by atoms with van der Waals surface area (Å²) in [4.78, 5) is 2.44. The summed E-state index contributed by atoms with van der Waals surface area (Å²) in [6, 6.07) is 10.3. The highest BCUT2D eigenvalue weighted by Crippen LogP contribution is 2.51. The molecule has 7 heteroatoms. The number of halogens is 1. The fraction of sp³-hybridized carbons (Fsp3) is 0.440. The van der Waals surface area contributed by atoms with Gasteiger partial charge < -0.3 is 9.64 Å². The van der Waals surface area contributed by atoms with E-state index in [1.165, 1.54) is 22.3 Å². The Morgan fingerprint density at radius 1 is 1.00 bits per heavy atom. The largest absolute Gasteiger partial charge is 0.495 e. The van der Waals surface area contributed by atoms with Crippen molar-refractivity contribution in [2.45, 2.75) is 37.0 Å². The SMILES string of the molecule is COc1cc2c(cc1S(=O)(=O)N1CCN(C)CC1)CC1=C(Cc3cc(Br)ccc31)C2(C)C. The van der Waals surface area contributed by atoms with Gasteiger partial charge in [-0.3, -0.25) is 0 Å². The van der Waals surface area contributed by atoms with Crippen molar-refractivity contribution in [3.63, 3.8) is 0 Å². The van der Waals surface area contributed by atoms with Gasteiger partial charge in [0.1, 0.15) is 10.6 Å². The van der Waals surface area contributed by atoms with Crippen molar-refractivity contribution in [1.82, 2.24) is 9.21 Å². The van der Waals surface area contributed by atoms with Crippen molar-refractivity contribution < 1.29 is 13.2 Å². The zero-order valence-electron chi connectivity index (χ0n) is 19.0. The van der Waals surface area contributed by atoms with Crippen molar-refractivity contribution in [1.29, 1.82) is 0 Å². The van der Waals surface area contributed by atoms with Crippen molar-refractivity contribution in [2.75, 3.05) is 40.3 Å². The first-order chi connectivity index (χ1) is 15.1. The molecule has 0 aromatic heterocycles. The molecule has 0 radical (unpaired) electrons. The number of hydrogen-bond acceptors (Lipinski definition) is 4. The number of nitrogens with zero attached hydrogens (tertiary/aromatic N) is 2. The smallest absolute Gasteiger partial charge is 0.246 e. The standard InChI is InChI=1S/C25H29BrN2O3S/c1-25(2)21-15-23(31-4)24(32(29,30)28-9-7-27(3)8-10-28)14-17(21)12-20-19-6-5-18(26)11-16(19)13-22(20)25/h5-6,11,14-15H,7-10,12-13H2,1-4H3. The number of ether oxygens (including phenoxy) is 1. The van der Waals surface area contributed by atoms with E-state index in [4.69, 9.17) is 4.74 Å². The second-order valence-electron chi connectivity index (χ2n) is 9.60. The third-order valence-electron chi connectivity index (χ3n) is 7.39. The number of piperazine rings is 1. The average Bonchev–Trinajstić information content (AvgIpc) is 3.12. The van der Waals surface area contributed by atoms with E-state index in [0.29, 0.717) is 18.8 Å². The van der Waals surface area contributed by atoms with E-state index in [2.05, 4.69) is 52.9 Å². The molecule has 2 aromatic rings. The maximum absolute atomic E-state index is 13.6. The molecule has 1 fully saturated rings. The molecule has 1 saturated heterocycles. The van der Waals surface area contributed by atoms with Crippen molar-refractivity contribution in [2.24, 2.45) is 0 Å². The van der Waals surface area contributed by atoms with Gasteiger partial charge in [0.25, 0.3) is 0 Å². The van der Waals surface area contributed by atoms with Crippen molar-refractivity contribution >= 4 is 31.5 Å². The van der Waals surface area contributed by atoms with E-state index in [1.807, 2.05) is 19.2 Å². The van der Waals surface area contributed by atoms with E-state index in [-0.39, 0.29) is 10.3 Å². The number of methoxy groups -OCH3 is 1. The highest BCUT2D eigenvalue weighted by atomic mass is 79.9. The summed E-state index contributed by atoms with van der Waals surface area (Å²) in [6.45, 7) is 6.97. The summed E-state index contributed by atoms with van der Waals surface area (Å²) in [5, 5.41) is 0. The Morgan fingerprint density at radius 3 is 2.41 bits per heavy atom. The van der Waals surface area contributed by atoms with Crippen LogP contribution in [0.3, 0.4) is 0 Å². The van der Waals surface area contributed by atoms with Gasteiger partial charge in [-0.2, -0.15) is 4.31 Å². The zero-order chi connectivity index (χ0) is 22.8. The third kappa shape index (κ3) is 3.36. The van der Waals surface area contributed by atoms with Crippen LogP contribution in [0, 0.1) is 0 Å². The first-order valence-electron chi connectivity index (χ1n) is 11.0. The Kier molecular flexibility index (Phi) is 5.32. The van der Waals surface area contributed by atoms with Gasteiger partial charge in [-0.05, 0) is 72.0 Å². The van der Waals surface area contributed by atoms with Crippen LogP contribution in [-0.4, -0.2) is 58.0 Å². The van der Waals surface area contributed by atoms with E-state index in [9.17, 15) is 8.42 Å². The van der Waals surface area contributed by atoms with Gasteiger partial charge in [0.05, 0.1) is 7.11 Å². The molecule has 0 atom stereocenters. The van der Waals surface area contributed by atoms with Gasteiger partial charge >= 0.3 is 0 Å². The van der Waals surface area contributed by atoms with Gasteiger partial charge in [-0.25, -0.2) is 8.42 Å². The van der Waals surface area contributed by atoms with E-state index in [1.54, 1.807) is 11.4 Å². The average molecular weight is 517 g/mol. The van der Waals surface area contributed by atoms with E-state index in [0.717, 1.165) is 41.5 Å². The molecule has 3 aliphatic rings. The minimum absolute atomic E-state index is 0.197. The number of rotatable bonds is 3. The highest BCUT2D eigenvalue weighted by molar-refractivity contribution is 9.10. The zero-order valence-corrected chi connectivity index (χ0v) is 21.4. The van der Waals surface area contributed by atoms with Crippen LogP contribution in [0.4, 0.5) is 0 Å². The summed E-state index contributed by atoms with van der Waals surface area (Å²) in [5.41, 5.74) is 7.45. The van der Waals surface area contributed by atoms with Crippen LogP contribution < -0.4 is 4.74 Å². The summed E-state index contributed by atoms with van der Waals surface area (Å²) >= 11 is 3.60. The van der Waals surface area contributed by atoms with Gasteiger partial charge in [-0.1, -0.05) is 41.4 Å². The quantitative estimate of drug-likeness (QED) is 0.612. The number of likely N-dealkylation sites (N-methyl/N-ethyl adjacent to an activating group) is 1. The molecule has 1 heterocycles. The van der Waals surface area contributed by atoms with Crippen LogP contribution in [0.2, 0.25) is 0 Å². The molecule has 0 amide bonds. The van der Waals surface area contributed by atoms with Crippen LogP contribution >= 0.6 is 15.9 Å². The third-order valence-corrected chi connectivity index (χ3v) is 9.80. The number of fused-ring (bicyclic) bond motifs is 3. The molecule has 32 heavy (non-hydrogen) atoms.